The van der Waals surface area contributed by atoms with Crippen LogP contribution in [0.1, 0.15) is 32.1 Å². The van der Waals surface area contributed by atoms with Crippen molar-refractivity contribution in [3.05, 3.63) is 34.9 Å². The molecule has 1 aliphatic carbocycles. The molecule has 23 heavy (non-hydrogen) atoms. The summed E-state index contributed by atoms with van der Waals surface area (Å²) in [6.07, 6.45) is 7.80. The molecule has 1 saturated carbocycles. The molecular formula is C17H20BrN3OS. The number of carbonyl (C=O) groups is 1. The third-order valence-corrected chi connectivity index (χ3v) is 5.43. The lowest BCUT2D eigenvalue weighted by molar-refractivity contribution is -0.119. The maximum Gasteiger partial charge on any atom is 0.230 e. The molecule has 122 valence electrons. The maximum atomic E-state index is 12.0. The van der Waals surface area contributed by atoms with E-state index in [1.54, 1.807) is 0 Å². The van der Waals surface area contributed by atoms with E-state index in [9.17, 15) is 4.79 Å². The molecule has 0 saturated heterocycles. The quantitative estimate of drug-likeness (QED) is 0.740. The molecule has 0 unspecified atom stereocenters. The van der Waals surface area contributed by atoms with Crippen LogP contribution in [0.2, 0.25) is 0 Å². The first kappa shape index (κ1) is 16.6. The van der Waals surface area contributed by atoms with Crippen molar-refractivity contribution < 1.29 is 4.79 Å². The predicted octanol–water partition coefficient (Wildman–Crippen LogP) is 4.38. The van der Waals surface area contributed by atoms with E-state index < -0.39 is 0 Å². The van der Waals surface area contributed by atoms with Crippen molar-refractivity contribution in [1.82, 2.24) is 15.3 Å². The molecule has 0 atom stereocenters. The largest absolute Gasteiger partial charge is 0.353 e. The highest BCUT2D eigenvalue weighted by atomic mass is 79.9. The summed E-state index contributed by atoms with van der Waals surface area (Å²) in [6.45, 7) is 0. The van der Waals surface area contributed by atoms with E-state index in [4.69, 9.17) is 0 Å². The van der Waals surface area contributed by atoms with E-state index in [0.29, 0.717) is 11.8 Å². The van der Waals surface area contributed by atoms with Crippen LogP contribution in [0.4, 0.5) is 0 Å². The average Bonchev–Trinajstić information content (AvgIpc) is 3.04. The summed E-state index contributed by atoms with van der Waals surface area (Å²) in [6, 6.07) is 8.43. The highest BCUT2D eigenvalue weighted by Gasteiger charge is 2.16. The van der Waals surface area contributed by atoms with Gasteiger partial charge in [0.05, 0.1) is 17.6 Å². The number of rotatable bonds is 5. The number of carbonyl (C=O) groups excluding carboxylic acids is 1. The Morgan fingerprint density at radius 1 is 1.26 bits per heavy atom. The predicted molar refractivity (Wildman–Crippen MR) is 97.5 cm³/mol. The number of benzene rings is 1. The maximum absolute atomic E-state index is 12.0. The Bertz CT molecular complexity index is 650. The second kappa shape index (κ2) is 8.02. The van der Waals surface area contributed by atoms with Crippen molar-refractivity contribution >= 4 is 33.6 Å². The number of thioether (sulfide) groups is 1. The minimum Gasteiger partial charge on any atom is -0.353 e. The fourth-order valence-electron chi connectivity index (χ4n) is 2.80. The van der Waals surface area contributed by atoms with Crippen molar-refractivity contribution in [2.45, 2.75) is 43.3 Å². The van der Waals surface area contributed by atoms with Crippen LogP contribution in [0, 0.1) is 0 Å². The number of hydrogen-bond donors (Lipinski definition) is 2. The lowest BCUT2D eigenvalue weighted by Crippen LogP contribution is -2.37. The van der Waals surface area contributed by atoms with E-state index >= 15 is 0 Å². The van der Waals surface area contributed by atoms with E-state index in [0.717, 1.165) is 33.7 Å². The Morgan fingerprint density at radius 3 is 2.74 bits per heavy atom. The van der Waals surface area contributed by atoms with Gasteiger partial charge in [0.2, 0.25) is 5.91 Å². The zero-order valence-electron chi connectivity index (χ0n) is 12.8. The molecule has 1 amide bonds. The van der Waals surface area contributed by atoms with Gasteiger partial charge in [-0.1, -0.05) is 59.1 Å². The molecule has 0 aliphatic heterocycles. The number of aromatic nitrogens is 2. The lowest BCUT2D eigenvalue weighted by Gasteiger charge is -2.22. The SMILES string of the molecule is O=C(CSc1ncc(-c2ccc(Br)cc2)[nH]1)NC1CCCCC1. The fraction of sp³-hybridized carbons (Fsp3) is 0.412. The summed E-state index contributed by atoms with van der Waals surface area (Å²) >= 11 is 4.88. The highest BCUT2D eigenvalue weighted by Crippen LogP contribution is 2.23. The van der Waals surface area contributed by atoms with Crippen LogP contribution in [0.5, 0.6) is 0 Å². The summed E-state index contributed by atoms with van der Waals surface area (Å²) < 4.78 is 1.05. The Hall–Kier alpha value is -1.27. The van der Waals surface area contributed by atoms with E-state index in [1.807, 2.05) is 30.5 Å². The van der Waals surface area contributed by atoms with Crippen molar-refractivity contribution in [3.63, 3.8) is 0 Å². The fourth-order valence-corrected chi connectivity index (χ4v) is 3.73. The molecule has 3 rings (SSSR count). The van der Waals surface area contributed by atoms with E-state index in [-0.39, 0.29) is 5.91 Å². The molecule has 1 fully saturated rings. The first-order chi connectivity index (χ1) is 11.2. The summed E-state index contributed by atoms with van der Waals surface area (Å²) in [5.74, 6) is 0.507. The smallest absolute Gasteiger partial charge is 0.230 e. The Balaban J connectivity index is 1.50. The molecule has 2 aromatic rings. The molecule has 1 aliphatic rings. The second-order valence-electron chi connectivity index (χ2n) is 5.80. The Kier molecular flexibility index (Phi) is 5.78. The minimum atomic E-state index is 0.100. The van der Waals surface area contributed by atoms with Gasteiger partial charge in [-0.25, -0.2) is 4.98 Å². The van der Waals surface area contributed by atoms with E-state index in [2.05, 4.69) is 31.2 Å². The number of nitrogens with zero attached hydrogens (tertiary/aromatic N) is 1. The van der Waals surface area contributed by atoms with Gasteiger partial charge in [0.1, 0.15) is 0 Å². The number of hydrogen-bond acceptors (Lipinski definition) is 3. The topological polar surface area (TPSA) is 57.8 Å². The number of halogens is 1. The number of H-pyrrole nitrogens is 1. The normalized spacial score (nSPS) is 15.5. The molecule has 1 aromatic carbocycles. The Morgan fingerprint density at radius 2 is 2.00 bits per heavy atom. The first-order valence-electron chi connectivity index (χ1n) is 7.94. The van der Waals surface area contributed by atoms with Gasteiger partial charge < -0.3 is 10.3 Å². The monoisotopic (exact) mass is 393 g/mol. The van der Waals surface area contributed by atoms with Crippen LogP contribution in [-0.2, 0) is 4.79 Å². The van der Waals surface area contributed by atoms with Crippen molar-refractivity contribution in [2.75, 3.05) is 5.75 Å². The van der Waals surface area contributed by atoms with Crippen molar-refractivity contribution in [2.24, 2.45) is 0 Å². The highest BCUT2D eigenvalue weighted by molar-refractivity contribution is 9.10. The summed E-state index contributed by atoms with van der Waals surface area (Å²) in [5, 5.41) is 3.91. The third kappa shape index (κ3) is 4.85. The number of imidazole rings is 1. The van der Waals surface area contributed by atoms with Gasteiger partial charge in [0, 0.05) is 10.5 Å². The molecule has 4 nitrogen and oxygen atoms in total. The van der Waals surface area contributed by atoms with Crippen LogP contribution in [0.15, 0.2) is 40.1 Å². The van der Waals surface area contributed by atoms with Crippen LogP contribution in [0.3, 0.4) is 0 Å². The standard InChI is InChI=1S/C17H20BrN3OS/c18-13-8-6-12(7-9-13)15-10-19-17(21-15)23-11-16(22)20-14-4-2-1-3-5-14/h6-10,14H,1-5,11H2,(H,19,21)(H,20,22). The van der Waals surface area contributed by atoms with Gasteiger partial charge in [0.15, 0.2) is 5.16 Å². The summed E-state index contributed by atoms with van der Waals surface area (Å²) in [7, 11) is 0. The van der Waals surface area contributed by atoms with Gasteiger partial charge in [-0.05, 0) is 30.5 Å². The van der Waals surface area contributed by atoms with Gasteiger partial charge in [-0.15, -0.1) is 0 Å². The van der Waals surface area contributed by atoms with Crippen molar-refractivity contribution in [3.8, 4) is 11.3 Å². The lowest BCUT2D eigenvalue weighted by atomic mass is 9.95. The number of amides is 1. The molecule has 2 N–H and O–H groups in total. The third-order valence-electron chi connectivity index (χ3n) is 4.02. The van der Waals surface area contributed by atoms with E-state index in [1.165, 1.54) is 31.0 Å². The molecule has 0 bridgehead atoms. The first-order valence-corrected chi connectivity index (χ1v) is 9.72. The van der Waals surface area contributed by atoms with Gasteiger partial charge in [0.25, 0.3) is 0 Å². The van der Waals surface area contributed by atoms with Gasteiger partial charge in [-0.2, -0.15) is 0 Å². The van der Waals surface area contributed by atoms with Crippen LogP contribution < -0.4 is 5.32 Å². The van der Waals surface area contributed by atoms with Gasteiger partial charge >= 0.3 is 0 Å². The number of aromatic amines is 1. The van der Waals surface area contributed by atoms with Crippen LogP contribution >= 0.6 is 27.7 Å². The van der Waals surface area contributed by atoms with Crippen LogP contribution in [-0.4, -0.2) is 27.7 Å². The molecule has 1 aromatic heterocycles. The Labute approximate surface area is 149 Å². The molecule has 0 spiro atoms. The summed E-state index contributed by atoms with van der Waals surface area (Å²) in [5.41, 5.74) is 2.05. The average molecular weight is 394 g/mol. The zero-order valence-corrected chi connectivity index (χ0v) is 15.3. The molecule has 1 heterocycles. The summed E-state index contributed by atoms with van der Waals surface area (Å²) in [4.78, 5) is 19.6. The molecule has 0 radical (unpaired) electrons. The minimum absolute atomic E-state index is 0.100. The van der Waals surface area contributed by atoms with Gasteiger partial charge in [-0.3, -0.25) is 4.79 Å². The number of nitrogens with one attached hydrogen (secondary N) is 2. The molecule has 6 heteroatoms. The molecular weight excluding hydrogens is 374 g/mol. The van der Waals surface area contributed by atoms with Crippen LogP contribution in [0.25, 0.3) is 11.3 Å². The second-order valence-corrected chi connectivity index (χ2v) is 7.68. The van der Waals surface area contributed by atoms with Crippen molar-refractivity contribution in [1.29, 1.82) is 0 Å². The zero-order chi connectivity index (χ0) is 16.1.